The van der Waals surface area contributed by atoms with Gasteiger partial charge in [-0.25, -0.2) is 8.42 Å². The van der Waals surface area contributed by atoms with Gasteiger partial charge in [-0.1, -0.05) is 42.5 Å². The third-order valence-corrected chi connectivity index (χ3v) is 9.61. The van der Waals surface area contributed by atoms with Gasteiger partial charge < -0.3 is 14.7 Å². The molecule has 3 fully saturated rings. The molecule has 7 heteroatoms. The second-order valence-corrected chi connectivity index (χ2v) is 13.0. The molecule has 2 aromatic rings. The van der Waals surface area contributed by atoms with E-state index in [4.69, 9.17) is 0 Å². The average Bonchev–Trinajstić information content (AvgIpc) is 3.36. The number of sulfone groups is 1. The van der Waals surface area contributed by atoms with Crippen molar-refractivity contribution in [1.82, 2.24) is 14.7 Å². The minimum absolute atomic E-state index is 0.214. The van der Waals surface area contributed by atoms with Crippen molar-refractivity contribution in [3.63, 3.8) is 0 Å². The maximum Gasteiger partial charge on any atom is 0.229 e. The summed E-state index contributed by atoms with van der Waals surface area (Å²) in [4.78, 5) is 20.8. The summed E-state index contributed by atoms with van der Waals surface area (Å²) in [5.74, 6) is 1.49. The molecule has 0 radical (unpaired) electrons. The number of benzene rings is 2. The van der Waals surface area contributed by atoms with Gasteiger partial charge in [-0.3, -0.25) is 4.79 Å². The number of amides is 1. The van der Waals surface area contributed by atoms with Gasteiger partial charge in [0.15, 0.2) is 9.84 Å². The van der Waals surface area contributed by atoms with Crippen LogP contribution in [0.5, 0.6) is 0 Å². The van der Waals surface area contributed by atoms with Crippen LogP contribution in [-0.4, -0.2) is 81.6 Å². The second-order valence-electron chi connectivity index (χ2n) is 11.0. The lowest BCUT2D eigenvalue weighted by molar-refractivity contribution is -0.139. The Labute approximate surface area is 209 Å². The fourth-order valence-electron chi connectivity index (χ4n) is 6.42. The fraction of sp³-hybridized carbons (Fsp3) is 0.536. The summed E-state index contributed by atoms with van der Waals surface area (Å²) in [7, 11) is -0.980. The number of hydrogen-bond donors (Lipinski definition) is 0. The summed E-state index contributed by atoms with van der Waals surface area (Å²) in [5.41, 5.74) is 2.22. The van der Waals surface area contributed by atoms with Gasteiger partial charge in [0, 0.05) is 44.9 Å². The number of rotatable bonds is 6. The first-order chi connectivity index (χ1) is 16.7. The van der Waals surface area contributed by atoms with Crippen LogP contribution in [0, 0.1) is 11.3 Å². The molecule has 0 saturated carbocycles. The molecule has 6 nitrogen and oxygen atoms in total. The van der Waals surface area contributed by atoms with Gasteiger partial charge in [-0.15, -0.1) is 0 Å². The van der Waals surface area contributed by atoms with Crippen LogP contribution in [0.3, 0.4) is 0 Å². The van der Waals surface area contributed by atoms with Crippen LogP contribution in [0.2, 0.25) is 0 Å². The quantitative estimate of drug-likeness (QED) is 0.616. The topological polar surface area (TPSA) is 60.9 Å². The SMILES string of the molecule is CN1CC(c2ccccc2)[C@@H](CN2CCC3(CC2)CCN(Cc2ccc(S(C)(=O)=O)cc2)C3=O)C1. The van der Waals surface area contributed by atoms with Gasteiger partial charge in [-0.05, 0) is 68.6 Å². The maximum absolute atomic E-state index is 13.4. The van der Waals surface area contributed by atoms with Crippen molar-refractivity contribution in [2.45, 2.75) is 36.6 Å². The molecule has 0 N–H and O–H groups in total. The molecule has 0 bridgehead atoms. The smallest absolute Gasteiger partial charge is 0.229 e. The third-order valence-electron chi connectivity index (χ3n) is 8.48. The highest BCUT2D eigenvalue weighted by molar-refractivity contribution is 7.90. The van der Waals surface area contributed by atoms with Crippen LogP contribution in [0.25, 0.3) is 0 Å². The van der Waals surface area contributed by atoms with Crippen molar-refractivity contribution < 1.29 is 13.2 Å². The Morgan fingerprint density at radius 1 is 0.914 bits per heavy atom. The highest BCUT2D eigenvalue weighted by Gasteiger charge is 2.48. The van der Waals surface area contributed by atoms with E-state index < -0.39 is 9.84 Å². The van der Waals surface area contributed by atoms with Crippen molar-refractivity contribution >= 4 is 15.7 Å². The van der Waals surface area contributed by atoms with Gasteiger partial charge in [0.1, 0.15) is 0 Å². The van der Waals surface area contributed by atoms with Crippen molar-refractivity contribution in [3.8, 4) is 0 Å². The molecular formula is C28H37N3O3S. The van der Waals surface area contributed by atoms with Crippen LogP contribution in [0.4, 0.5) is 0 Å². The first kappa shape index (κ1) is 24.5. The Morgan fingerprint density at radius 2 is 1.57 bits per heavy atom. The fourth-order valence-corrected chi connectivity index (χ4v) is 7.05. The van der Waals surface area contributed by atoms with E-state index in [1.165, 1.54) is 11.8 Å². The number of nitrogens with zero attached hydrogens (tertiary/aromatic N) is 3. The standard InChI is InChI=1S/C28H37N3O3S/c1-29-19-24(26(21-29)23-6-4-3-5-7-23)20-30-15-12-28(13-16-30)14-17-31(27(28)32)18-22-8-10-25(11-9-22)35(2,33)34/h3-11,24,26H,12-21H2,1-2H3/t24-,26?/m1/s1. The molecule has 2 aromatic carbocycles. The summed E-state index contributed by atoms with van der Waals surface area (Å²) in [6.07, 6.45) is 4.02. The molecule has 1 unspecified atom stereocenters. The summed E-state index contributed by atoms with van der Waals surface area (Å²) in [6.45, 7) is 6.67. The van der Waals surface area contributed by atoms with Crippen LogP contribution >= 0.6 is 0 Å². The normalized spacial score (nSPS) is 25.5. The van der Waals surface area contributed by atoms with Crippen molar-refractivity contribution in [2.24, 2.45) is 11.3 Å². The highest BCUT2D eigenvalue weighted by Crippen LogP contribution is 2.43. The zero-order chi connectivity index (χ0) is 24.6. The van der Waals surface area contributed by atoms with Gasteiger partial charge in [-0.2, -0.15) is 0 Å². The van der Waals surface area contributed by atoms with E-state index in [0.717, 1.165) is 64.1 Å². The van der Waals surface area contributed by atoms with Gasteiger partial charge >= 0.3 is 0 Å². The summed E-state index contributed by atoms with van der Waals surface area (Å²) < 4.78 is 23.4. The Morgan fingerprint density at radius 3 is 2.23 bits per heavy atom. The van der Waals surface area contributed by atoms with Gasteiger partial charge in [0.05, 0.1) is 10.3 Å². The molecule has 3 heterocycles. The summed E-state index contributed by atoms with van der Waals surface area (Å²) in [6, 6.07) is 17.9. The molecule has 1 amide bonds. The monoisotopic (exact) mass is 495 g/mol. The molecule has 35 heavy (non-hydrogen) atoms. The number of carbonyl (C=O) groups is 1. The van der Waals surface area contributed by atoms with E-state index in [1.807, 2.05) is 17.0 Å². The van der Waals surface area contributed by atoms with E-state index in [-0.39, 0.29) is 11.3 Å². The Kier molecular flexibility index (Phi) is 6.77. The molecule has 188 valence electrons. The van der Waals surface area contributed by atoms with E-state index in [0.29, 0.717) is 23.3 Å². The zero-order valence-corrected chi connectivity index (χ0v) is 21.7. The molecule has 3 aliphatic heterocycles. The summed E-state index contributed by atoms with van der Waals surface area (Å²) >= 11 is 0. The zero-order valence-electron chi connectivity index (χ0n) is 20.9. The van der Waals surface area contributed by atoms with Crippen molar-refractivity contribution in [2.75, 3.05) is 52.6 Å². The first-order valence-corrected chi connectivity index (χ1v) is 14.7. The number of likely N-dealkylation sites (N-methyl/N-ethyl adjacent to an activating group) is 1. The van der Waals surface area contributed by atoms with Crippen LogP contribution < -0.4 is 0 Å². The average molecular weight is 496 g/mol. The first-order valence-electron chi connectivity index (χ1n) is 12.8. The van der Waals surface area contributed by atoms with E-state index in [1.54, 1.807) is 12.1 Å². The van der Waals surface area contributed by atoms with Crippen LogP contribution in [0.15, 0.2) is 59.5 Å². The Balaban J connectivity index is 1.17. The number of piperidine rings is 1. The van der Waals surface area contributed by atoms with E-state index >= 15 is 0 Å². The lowest BCUT2D eigenvalue weighted by Gasteiger charge is -2.39. The molecule has 5 rings (SSSR count). The molecule has 2 atom stereocenters. The predicted octanol–water partition coefficient (Wildman–Crippen LogP) is 3.25. The van der Waals surface area contributed by atoms with Crippen molar-refractivity contribution in [3.05, 3.63) is 65.7 Å². The van der Waals surface area contributed by atoms with Gasteiger partial charge in [0.25, 0.3) is 0 Å². The number of carbonyl (C=O) groups excluding carboxylic acids is 1. The molecule has 3 saturated heterocycles. The maximum atomic E-state index is 13.4. The summed E-state index contributed by atoms with van der Waals surface area (Å²) in [5, 5.41) is 0. The van der Waals surface area contributed by atoms with Crippen molar-refractivity contribution in [1.29, 1.82) is 0 Å². The minimum Gasteiger partial charge on any atom is -0.338 e. The second kappa shape index (κ2) is 9.68. The largest absolute Gasteiger partial charge is 0.338 e. The van der Waals surface area contributed by atoms with Crippen LogP contribution in [0.1, 0.15) is 36.3 Å². The van der Waals surface area contributed by atoms with E-state index in [9.17, 15) is 13.2 Å². The van der Waals surface area contributed by atoms with Crippen LogP contribution in [-0.2, 0) is 21.2 Å². The Hall–Kier alpha value is -2.22. The molecule has 3 aliphatic rings. The molecular weight excluding hydrogens is 458 g/mol. The molecule has 1 spiro atoms. The van der Waals surface area contributed by atoms with E-state index in [2.05, 4.69) is 47.2 Å². The van der Waals surface area contributed by atoms with Gasteiger partial charge in [0.2, 0.25) is 5.91 Å². The Bertz CT molecular complexity index is 1140. The number of likely N-dealkylation sites (tertiary alicyclic amines) is 3. The third kappa shape index (κ3) is 5.18. The lowest BCUT2D eigenvalue weighted by atomic mass is 9.76. The highest BCUT2D eigenvalue weighted by atomic mass is 32.2. The minimum atomic E-state index is -3.20. The number of hydrogen-bond acceptors (Lipinski definition) is 5. The lowest BCUT2D eigenvalue weighted by Crippen LogP contribution is -2.46. The molecule has 0 aromatic heterocycles. The molecule has 0 aliphatic carbocycles. The predicted molar refractivity (Wildman–Crippen MR) is 138 cm³/mol.